The number of carbonyl (C=O) groups is 2. The summed E-state index contributed by atoms with van der Waals surface area (Å²) < 4.78 is 4.81. The Hall–Kier alpha value is -2.15. The van der Waals surface area contributed by atoms with Crippen LogP contribution in [0.5, 0.6) is 0 Å². The van der Waals surface area contributed by atoms with Crippen molar-refractivity contribution in [3.63, 3.8) is 0 Å². The van der Waals surface area contributed by atoms with Crippen molar-refractivity contribution in [3.8, 4) is 0 Å². The lowest BCUT2D eigenvalue weighted by Crippen LogP contribution is -2.30. The van der Waals surface area contributed by atoms with Gasteiger partial charge >= 0.3 is 5.97 Å². The third-order valence-electron chi connectivity index (χ3n) is 2.76. The van der Waals surface area contributed by atoms with Crippen LogP contribution in [-0.2, 0) is 9.53 Å². The number of rotatable bonds is 7. The maximum atomic E-state index is 11.7. The van der Waals surface area contributed by atoms with E-state index in [1.165, 1.54) is 12.1 Å². The summed E-state index contributed by atoms with van der Waals surface area (Å²) in [7, 11) is 0. The van der Waals surface area contributed by atoms with Gasteiger partial charge in [-0.05, 0) is 24.5 Å². The second-order valence-corrected chi connectivity index (χ2v) is 5.44. The third-order valence-corrected chi connectivity index (χ3v) is 3.08. The van der Waals surface area contributed by atoms with Gasteiger partial charge < -0.3 is 10.1 Å². The maximum absolute atomic E-state index is 11.7. The van der Waals surface area contributed by atoms with Crippen molar-refractivity contribution in [3.05, 3.63) is 38.9 Å². The lowest BCUT2D eigenvalue weighted by molar-refractivity contribution is -0.384. The van der Waals surface area contributed by atoms with Crippen molar-refractivity contribution in [2.45, 2.75) is 20.3 Å². The zero-order valence-corrected chi connectivity index (χ0v) is 13.1. The fourth-order valence-corrected chi connectivity index (χ4v) is 1.73. The quantitative estimate of drug-likeness (QED) is 0.471. The van der Waals surface area contributed by atoms with Crippen LogP contribution in [0.25, 0.3) is 0 Å². The van der Waals surface area contributed by atoms with E-state index in [0.29, 0.717) is 12.5 Å². The first kappa shape index (κ1) is 17.9. The van der Waals surface area contributed by atoms with E-state index in [9.17, 15) is 19.7 Å². The van der Waals surface area contributed by atoms with Gasteiger partial charge in [0.25, 0.3) is 11.6 Å². The van der Waals surface area contributed by atoms with Crippen LogP contribution in [0.4, 0.5) is 5.69 Å². The van der Waals surface area contributed by atoms with Crippen LogP contribution >= 0.6 is 11.6 Å². The summed E-state index contributed by atoms with van der Waals surface area (Å²) in [6.45, 7) is 4.12. The standard InChI is InChI=1S/C14H17ClN2O5/c1-9(2)5-6-16-13(18)8-22-14(19)10-3-4-11(15)12(7-10)17(20)21/h3-4,7,9H,5-6,8H2,1-2H3,(H,16,18). The van der Waals surface area contributed by atoms with E-state index in [4.69, 9.17) is 16.3 Å². The van der Waals surface area contributed by atoms with Gasteiger partial charge in [-0.15, -0.1) is 0 Å². The van der Waals surface area contributed by atoms with Gasteiger partial charge in [-0.3, -0.25) is 14.9 Å². The molecule has 0 bridgehead atoms. The van der Waals surface area contributed by atoms with E-state index < -0.39 is 29.1 Å². The minimum Gasteiger partial charge on any atom is -0.452 e. The molecule has 1 N–H and O–H groups in total. The number of nitrogens with zero attached hydrogens (tertiary/aromatic N) is 1. The highest BCUT2D eigenvalue weighted by atomic mass is 35.5. The second kappa shape index (κ2) is 8.33. The number of nitro benzene ring substituents is 1. The molecular formula is C14H17ClN2O5. The first-order valence-corrected chi connectivity index (χ1v) is 7.06. The summed E-state index contributed by atoms with van der Waals surface area (Å²) in [6.07, 6.45) is 0.822. The summed E-state index contributed by atoms with van der Waals surface area (Å²) in [4.78, 5) is 33.3. The van der Waals surface area contributed by atoms with E-state index in [2.05, 4.69) is 5.32 Å². The topological polar surface area (TPSA) is 98.5 Å². The van der Waals surface area contributed by atoms with E-state index in [-0.39, 0.29) is 10.6 Å². The molecule has 1 aromatic carbocycles. The van der Waals surface area contributed by atoms with Crippen molar-refractivity contribution < 1.29 is 19.2 Å². The number of ether oxygens (including phenoxy) is 1. The Balaban J connectivity index is 2.54. The van der Waals surface area contributed by atoms with E-state index in [0.717, 1.165) is 12.5 Å². The molecule has 1 rings (SSSR count). The highest BCUT2D eigenvalue weighted by Crippen LogP contribution is 2.25. The number of benzene rings is 1. The number of amides is 1. The van der Waals surface area contributed by atoms with Crippen LogP contribution in [0.3, 0.4) is 0 Å². The van der Waals surface area contributed by atoms with E-state index >= 15 is 0 Å². The number of halogens is 1. The van der Waals surface area contributed by atoms with Crippen molar-refractivity contribution in [2.75, 3.05) is 13.2 Å². The summed E-state index contributed by atoms with van der Waals surface area (Å²) in [5, 5.41) is 13.3. The molecule has 0 unspecified atom stereocenters. The first-order valence-electron chi connectivity index (χ1n) is 6.69. The monoisotopic (exact) mass is 328 g/mol. The van der Waals surface area contributed by atoms with Gasteiger partial charge in [0.1, 0.15) is 5.02 Å². The fraction of sp³-hybridized carbons (Fsp3) is 0.429. The maximum Gasteiger partial charge on any atom is 0.338 e. The molecular weight excluding hydrogens is 312 g/mol. The normalized spacial score (nSPS) is 10.4. The molecule has 0 saturated carbocycles. The van der Waals surface area contributed by atoms with Gasteiger partial charge in [0.2, 0.25) is 0 Å². The first-order chi connectivity index (χ1) is 10.3. The van der Waals surface area contributed by atoms with Crippen LogP contribution in [0, 0.1) is 16.0 Å². The molecule has 0 aliphatic carbocycles. The molecule has 0 aliphatic heterocycles. The summed E-state index contributed by atoms with van der Waals surface area (Å²) >= 11 is 5.65. The van der Waals surface area contributed by atoms with Crippen molar-refractivity contribution >= 4 is 29.2 Å². The van der Waals surface area contributed by atoms with Crippen molar-refractivity contribution in [2.24, 2.45) is 5.92 Å². The Bertz CT molecular complexity index is 574. The van der Waals surface area contributed by atoms with Gasteiger partial charge in [0, 0.05) is 12.6 Å². The molecule has 1 amide bonds. The number of carbonyl (C=O) groups excluding carboxylic acids is 2. The molecule has 0 spiro atoms. The lowest BCUT2D eigenvalue weighted by Gasteiger charge is -2.08. The molecule has 0 radical (unpaired) electrons. The fourth-order valence-electron chi connectivity index (χ4n) is 1.55. The molecule has 1 aromatic rings. The minimum absolute atomic E-state index is 0.0360. The number of esters is 1. The molecule has 0 aromatic heterocycles. The Morgan fingerprint density at radius 2 is 2.09 bits per heavy atom. The predicted molar refractivity (Wildman–Crippen MR) is 80.9 cm³/mol. The van der Waals surface area contributed by atoms with Gasteiger partial charge in [0.15, 0.2) is 6.61 Å². The number of hydrogen-bond acceptors (Lipinski definition) is 5. The SMILES string of the molecule is CC(C)CCNC(=O)COC(=O)c1ccc(Cl)c([N+](=O)[O-])c1. The Morgan fingerprint density at radius 3 is 2.68 bits per heavy atom. The summed E-state index contributed by atoms with van der Waals surface area (Å²) in [5.74, 6) is -0.784. The second-order valence-electron chi connectivity index (χ2n) is 5.03. The van der Waals surface area contributed by atoms with E-state index in [1.54, 1.807) is 0 Å². The Labute approximate surface area is 132 Å². The zero-order chi connectivity index (χ0) is 16.7. The van der Waals surface area contributed by atoms with E-state index in [1.807, 2.05) is 13.8 Å². The Kier molecular flexibility index (Phi) is 6.78. The molecule has 0 aliphatic rings. The molecule has 0 saturated heterocycles. The van der Waals surface area contributed by atoms with Crippen molar-refractivity contribution in [1.29, 1.82) is 0 Å². The molecule has 0 fully saturated rings. The summed E-state index contributed by atoms with van der Waals surface area (Å²) in [6, 6.07) is 3.55. The molecule has 7 nitrogen and oxygen atoms in total. The van der Waals surface area contributed by atoms with Gasteiger partial charge in [0.05, 0.1) is 10.5 Å². The number of hydrogen-bond donors (Lipinski definition) is 1. The van der Waals surface area contributed by atoms with Gasteiger partial charge in [-0.2, -0.15) is 0 Å². The largest absolute Gasteiger partial charge is 0.452 e. The lowest BCUT2D eigenvalue weighted by atomic mass is 10.1. The van der Waals surface area contributed by atoms with Crippen LogP contribution in [0.1, 0.15) is 30.6 Å². The average Bonchev–Trinajstić information content (AvgIpc) is 2.44. The highest BCUT2D eigenvalue weighted by molar-refractivity contribution is 6.32. The average molecular weight is 329 g/mol. The minimum atomic E-state index is -0.821. The molecule has 8 heteroatoms. The predicted octanol–water partition coefficient (Wildman–Crippen LogP) is 2.57. The highest BCUT2D eigenvalue weighted by Gasteiger charge is 2.17. The van der Waals surface area contributed by atoms with Crippen molar-refractivity contribution in [1.82, 2.24) is 5.32 Å². The van der Waals surface area contributed by atoms with Crippen LogP contribution in [0.15, 0.2) is 18.2 Å². The third kappa shape index (κ3) is 5.69. The van der Waals surface area contributed by atoms with Crippen LogP contribution in [-0.4, -0.2) is 30.0 Å². The van der Waals surface area contributed by atoms with Gasteiger partial charge in [-0.1, -0.05) is 25.4 Å². The Morgan fingerprint density at radius 1 is 1.41 bits per heavy atom. The van der Waals surface area contributed by atoms with Crippen LogP contribution < -0.4 is 5.32 Å². The molecule has 22 heavy (non-hydrogen) atoms. The molecule has 0 heterocycles. The van der Waals surface area contributed by atoms with Crippen LogP contribution in [0.2, 0.25) is 5.02 Å². The number of nitro groups is 1. The number of nitrogens with one attached hydrogen (secondary N) is 1. The molecule has 120 valence electrons. The smallest absolute Gasteiger partial charge is 0.338 e. The van der Waals surface area contributed by atoms with Gasteiger partial charge in [-0.25, -0.2) is 4.79 Å². The molecule has 0 atom stereocenters. The summed E-state index contributed by atoms with van der Waals surface area (Å²) in [5.41, 5.74) is -0.427. The zero-order valence-electron chi connectivity index (χ0n) is 12.3.